The lowest BCUT2D eigenvalue weighted by Crippen LogP contribution is -2.36. The Morgan fingerprint density at radius 1 is 1.15 bits per heavy atom. The third-order valence-corrected chi connectivity index (χ3v) is 4.04. The molecule has 0 radical (unpaired) electrons. The lowest BCUT2D eigenvalue weighted by Gasteiger charge is -2.25. The van der Waals surface area contributed by atoms with Gasteiger partial charge in [0.25, 0.3) is 5.69 Å². The van der Waals surface area contributed by atoms with Gasteiger partial charge in [0.1, 0.15) is 6.54 Å². The Labute approximate surface area is 159 Å². The quantitative estimate of drug-likeness (QED) is 0.400. The smallest absolute Gasteiger partial charge is 0.269 e. The van der Waals surface area contributed by atoms with E-state index < -0.39 is 6.16 Å². The Bertz CT molecular complexity index is 558. The van der Waals surface area contributed by atoms with Gasteiger partial charge in [-0.3, -0.25) is 10.1 Å². The number of benzene rings is 1. The van der Waals surface area contributed by atoms with Crippen molar-refractivity contribution in [3.05, 3.63) is 39.9 Å². The molecular formula is C18H30N2O7. The Hall–Kier alpha value is -2.23. The Morgan fingerprint density at radius 3 is 1.89 bits per heavy atom. The van der Waals surface area contributed by atoms with Crippen LogP contribution in [0.1, 0.15) is 37.2 Å². The van der Waals surface area contributed by atoms with Gasteiger partial charge in [-0.2, -0.15) is 0 Å². The second-order valence-electron chi connectivity index (χ2n) is 7.36. The average molecular weight is 386 g/mol. The summed E-state index contributed by atoms with van der Waals surface area (Å²) in [7, 11) is 6.16. The van der Waals surface area contributed by atoms with E-state index in [0.717, 1.165) is 42.3 Å². The number of nitro benzene ring substituents is 1. The number of carbonyl (C=O) groups is 1. The van der Waals surface area contributed by atoms with E-state index in [2.05, 4.69) is 21.1 Å². The predicted molar refractivity (Wildman–Crippen MR) is 98.3 cm³/mol. The van der Waals surface area contributed by atoms with Crippen LogP contribution in [-0.2, 0) is 0 Å². The molecule has 0 aromatic heterocycles. The van der Waals surface area contributed by atoms with Gasteiger partial charge in [0.05, 0.1) is 38.8 Å². The molecular weight excluding hydrogens is 356 g/mol. The van der Waals surface area contributed by atoms with Crippen LogP contribution in [0.5, 0.6) is 0 Å². The molecule has 3 N–H and O–H groups in total. The number of hydrogen-bond acceptors (Lipinski definition) is 6. The van der Waals surface area contributed by atoms with Gasteiger partial charge in [0, 0.05) is 12.1 Å². The van der Waals surface area contributed by atoms with E-state index in [1.807, 2.05) is 12.1 Å². The van der Waals surface area contributed by atoms with Gasteiger partial charge < -0.3 is 29.7 Å². The van der Waals surface area contributed by atoms with Gasteiger partial charge in [-0.05, 0) is 37.2 Å². The molecule has 27 heavy (non-hydrogen) atoms. The van der Waals surface area contributed by atoms with Crippen LogP contribution in [0, 0.1) is 10.1 Å². The molecule has 1 aromatic carbocycles. The van der Waals surface area contributed by atoms with Gasteiger partial charge in [-0.25, -0.2) is 0 Å². The van der Waals surface area contributed by atoms with E-state index in [9.17, 15) is 15.2 Å². The molecule has 2 rings (SSSR count). The molecule has 9 heteroatoms. The number of nitrogens with zero attached hydrogens (tertiary/aromatic N) is 2. The van der Waals surface area contributed by atoms with E-state index >= 15 is 0 Å². The van der Waals surface area contributed by atoms with Gasteiger partial charge in [0.15, 0.2) is 0 Å². The lowest BCUT2D eigenvalue weighted by molar-refractivity contribution is -0.870. The van der Waals surface area contributed by atoms with Crippen molar-refractivity contribution in [2.45, 2.75) is 37.7 Å². The van der Waals surface area contributed by atoms with Crippen LogP contribution in [-0.4, -0.2) is 71.3 Å². The minimum atomic E-state index is -2.08. The number of nitro groups is 1. The zero-order valence-electron chi connectivity index (χ0n) is 16.1. The topological polar surface area (TPSA) is 144 Å². The fourth-order valence-corrected chi connectivity index (χ4v) is 2.58. The molecule has 1 aromatic rings. The molecule has 0 spiro atoms. The highest BCUT2D eigenvalue weighted by atomic mass is 16.6. The van der Waals surface area contributed by atoms with Crippen LogP contribution in [0.25, 0.3) is 0 Å². The van der Waals surface area contributed by atoms with Crippen LogP contribution >= 0.6 is 0 Å². The summed E-state index contributed by atoms with van der Waals surface area (Å²) >= 11 is 0. The van der Waals surface area contributed by atoms with Gasteiger partial charge in [-0.15, -0.1) is 0 Å². The Morgan fingerprint density at radius 2 is 1.59 bits per heavy atom. The van der Waals surface area contributed by atoms with Crippen molar-refractivity contribution in [2.75, 3.05) is 34.3 Å². The maximum absolute atomic E-state index is 10.5. The van der Waals surface area contributed by atoms with Gasteiger partial charge in [0.2, 0.25) is 6.16 Å². The molecule has 1 saturated carbocycles. The summed E-state index contributed by atoms with van der Waals surface area (Å²) in [6.45, 7) is 1.11. The highest BCUT2D eigenvalue weighted by Crippen LogP contribution is 2.33. The first-order valence-corrected chi connectivity index (χ1v) is 8.70. The average Bonchev–Trinajstić information content (AvgIpc) is 2.54. The summed E-state index contributed by atoms with van der Waals surface area (Å²) in [5.74, 6) is 0.448. The zero-order chi connectivity index (χ0) is 21.0. The first-order chi connectivity index (χ1) is 12.5. The van der Waals surface area contributed by atoms with Crippen molar-refractivity contribution in [3.8, 4) is 0 Å². The van der Waals surface area contributed by atoms with E-state index in [1.54, 1.807) is 12.1 Å². The van der Waals surface area contributed by atoms with Crippen molar-refractivity contribution in [1.29, 1.82) is 0 Å². The molecule has 0 unspecified atom stereocenters. The zero-order valence-corrected chi connectivity index (χ0v) is 16.1. The summed E-state index contributed by atoms with van der Waals surface area (Å²) in [6.07, 6.45) is 1.37. The molecule has 1 fully saturated rings. The minimum Gasteiger partial charge on any atom is -0.565 e. The molecule has 0 amide bonds. The van der Waals surface area contributed by atoms with Crippen molar-refractivity contribution in [3.63, 3.8) is 0 Å². The molecule has 0 aliphatic heterocycles. The Kier molecular flexibility index (Phi) is 11.2. The molecule has 1 aliphatic carbocycles. The third-order valence-electron chi connectivity index (χ3n) is 4.04. The largest absolute Gasteiger partial charge is 0.565 e. The van der Waals surface area contributed by atoms with Crippen LogP contribution < -0.4 is 5.11 Å². The SMILES string of the molecule is C[N+](C)(C)CCO.O=C([O-])O.O=[N+]([O-])c1ccc(C2CCC(O)CC2)cc1. The molecule has 0 heterocycles. The fourth-order valence-electron chi connectivity index (χ4n) is 2.58. The molecule has 0 atom stereocenters. The molecule has 0 saturated heterocycles. The highest BCUT2D eigenvalue weighted by molar-refractivity contribution is 5.50. The summed E-state index contributed by atoms with van der Waals surface area (Å²) < 4.78 is 0.844. The van der Waals surface area contributed by atoms with E-state index in [-0.39, 0.29) is 23.3 Å². The summed E-state index contributed by atoms with van der Waals surface area (Å²) in [5.41, 5.74) is 1.29. The van der Waals surface area contributed by atoms with Crippen molar-refractivity contribution >= 4 is 11.8 Å². The lowest BCUT2D eigenvalue weighted by atomic mass is 9.83. The van der Waals surface area contributed by atoms with Gasteiger partial charge >= 0.3 is 0 Å². The van der Waals surface area contributed by atoms with E-state index in [4.69, 9.17) is 20.1 Å². The second kappa shape index (κ2) is 12.2. The van der Waals surface area contributed by atoms with Crippen molar-refractivity contribution in [1.82, 2.24) is 0 Å². The number of likely N-dealkylation sites (N-methyl/N-ethyl adjacent to an activating group) is 1. The second-order valence-corrected chi connectivity index (χ2v) is 7.36. The van der Waals surface area contributed by atoms with E-state index in [1.165, 1.54) is 0 Å². The third kappa shape index (κ3) is 12.7. The van der Waals surface area contributed by atoms with Crippen LogP contribution in [0.3, 0.4) is 0 Å². The predicted octanol–water partition coefficient (Wildman–Crippen LogP) is 1.19. The van der Waals surface area contributed by atoms with Crippen LogP contribution in [0.15, 0.2) is 24.3 Å². The molecule has 9 nitrogen and oxygen atoms in total. The maximum atomic E-state index is 10.5. The van der Waals surface area contributed by atoms with Gasteiger partial charge in [-0.1, -0.05) is 12.1 Å². The number of aliphatic hydroxyl groups excluding tert-OH is 2. The number of carboxylic acid groups (broad SMARTS) is 2. The minimum absolute atomic E-state index is 0.139. The Balaban J connectivity index is 0.000000514. The normalized spacial score (nSPS) is 19.0. The first kappa shape index (κ1) is 24.8. The molecule has 1 aliphatic rings. The summed E-state index contributed by atoms with van der Waals surface area (Å²) in [4.78, 5) is 18.6. The van der Waals surface area contributed by atoms with E-state index in [0.29, 0.717) is 5.92 Å². The number of aliphatic hydroxyl groups is 2. The van der Waals surface area contributed by atoms with Crippen molar-refractivity contribution < 1.29 is 34.6 Å². The number of rotatable bonds is 4. The van der Waals surface area contributed by atoms with Crippen LogP contribution in [0.4, 0.5) is 10.5 Å². The molecule has 0 bridgehead atoms. The fraction of sp³-hybridized carbons (Fsp3) is 0.611. The number of non-ortho nitro benzene ring substituents is 1. The summed E-state index contributed by atoms with van der Waals surface area (Å²) in [5, 5.41) is 43.6. The molecule has 154 valence electrons. The maximum Gasteiger partial charge on any atom is 0.269 e. The van der Waals surface area contributed by atoms with Crippen LogP contribution in [0.2, 0.25) is 0 Å². The standard InChI is InChI=1S/C12H15NO3.C5H14NO.CH2O3/c14-12-7-3-10(4-8-12)9-1-5-11(6-2-9)13(15)16;1-6(2,3)4-5-7;2-1(3)4/h1-2,5-6,10,12,14H,3-4,7-8H2;7H,4-5H2,1-3H3;(H2,2,3,4)/q;+1;/p-1. The number of hydrogen-bond donors (Lipinski definition) is 3. The summed E-state index contributed by atoms with van der Waals surface area (Å²) in [6, 6.07) is 6.78. The van der Waals surface area contributed by atoms with Crippen molar-refractivity contribution in [2.24, 2.45) is 0 Å². The highest BCUT2D eigenvalue weighted by Gasteiger charge is 2.21. The first-order valence-electron chi connectivity index (χ1n) is 8.70. The number of quaternary nitrogens is 1. The monoisotopic (exact) mass is 386 g/mol.